The highest BCUT2D eigenvalue weighted by Gasteiger charge is 2.02. The molecular formula is C23H24IN5O. The number of hydrogen-bond donors (Lipinski definition) is 3. The normalized spacial score (nSPS) is 11.1. The summed E-state index contributed by atoms with van der Waals surface area (Å²) >= 11 is 0. The van der Waals surface area contributed by atoms with Crippen LogP contribution in [0, 0.1) is 0 Å². The summed E-state index contributed by atoms with van der Waals surface area (Å²) in [4.78, 5) is 12.3. The van der Waals surface area contributed by atoms with E-state index < -0.39 is 0 Å². The van der Waals surface area contributed by atoms with Crippen molar-refractivity contribution in [1.29, 1.82) is 0 Å². The maximum Gasteiger partial charge on any atom is 0.193 e. The second-order valence-corrected chi connectivity index (χ2v) is 6.64. The van der Waals surface area contributed by atoms with E-state index in [2.05, 4.69) is 20.3 Å². The first kappa shape index (κ1) is 21.6. The Morgan fingerprint density at radius 2 is 1.73 bits per heavy atom. The third-order valence-electron chi connectivity index (χ3n) is 4.38. The van der Waals surface area contributed by atoms with E-state index in [4.69, 9.17) is 10.5 Å². The molecule has 0 aliphatic heterocycles. The van der Waals surface area contributed by atoms with Gasteiger partial charge in [0, 0.05) is 24.7 Å². The molecule has 0 atom stereocenters. The first-order valence-corrected chi connectivity index (χ1v) is 9.60. The number of benzene rings is 3. The van der Waals surface area contributed by atoms with E-state index in [1.165, 1.54) is 0 Å². The number of guanidine groups is 1. The van der Waals surface area contributed by atoms with Crippen LogP contribution in [0.1, 0.15) is 12.2 Å². The Balaban J connectivity index is 0.00000256. The maximum atomic E-state index is 6.02. The average Bonchev–Trinajstić information content (AvgIpc) is 3.15. The molecule has 0 spiro atoms. The number of aryl methyl sites for hydroxylation is 1. The van der Waals surface area contributed by atoms with Crippen LogP contribution in [0.3, 0.4) is 0 Å². The minimum Gasteiger partial charge on any atom is -0.457 e. The van der Waals surface area contributed by atoms with Crippen molar-refractivity contribution in [2.45, 2.75) is 12.8 Å². The molecule has 0 aliphatic rings. The Morgan fingerprint density at radius 1 is 0.967 bits per heavy atom. The van der Waals surface area contributed by atoms with Gasteiger partial charge in [-0.05, 0) is 42.8 Å². The third-order valence-corrected chi connectivity index (χ3v) is 4.38. The predicted molar refractivity (Wildman–Crippen MR) is 133 cm³/mol. The summed E-state index contributed by atoms with van der Waals surface area (Å²) in [5.41, 5.74) is 8.90. The molecule has 0 fully saturated rings. The van der Waals surface area contributed by atoms with Crippen LogP contribution in [0.2, 0.25) is 0 Å². The second-order valence-electron chi connectivity index (χ2n) is 6.64. The Hall–Kier alpha value is -3.07. The minimum atomic E-state index is 0. The van der Waals surface area contributed by atoms with Gasteiger partial charge in [-0.25, -0.2) is 4.98 Å². The number of halogens is 1. The van der Waals surface area contributed by atoms with Gasteiger partial charge in [-0.3, -0.25) is 4.99 Å². The van der Waals surface area contributed by atoms with Gasteiger partial charge in [0.05, 0.1) is 11.0 Å². The number of para-hydroxylation sites is 3. The van der Waals surface area contributed by atoms with Crippen molar-refractivity contribution >= 4 is 46.7 Å². The fourth-order valence-electron chi connectivity index (χ4n) is 3.02. The molecule has 4 aromatic rings. The lowest BCUT2D eigenvalue weighted by atomic mass is 10.3. The number of ether oxygens (including phenoxy) is 1. The number of H-pyrrole nitrogens is 1. The fraction of sp³-hybridized carbons (Fsp3) is 0.130. The number of aliphatic imine (C=N–C) groups is 1. The van der Waals surface area contributed by atoms with Crippen molar-refractivity contribution in [3.05, 3.63) is 84.7 Å². The number of nitrogens with one attached hydrogen (secondary N) is 2. The van der Waals surface area contributed by atoms with Crippen molar-refractivity contribution in [2.75, 3.05) is 11.9 Å². The van der Waals surface area contributed by atoms with E-state index in [1.54, 1.807) is 0 Å². The van der Waals surface area contributed by atoms with Gasteiger partial charge < -0.3 is 20.8 Å². The van der Waals surface area contributed by atoms with Crippen LogP contribution >= 0.6 is 24.0 Å². The molecule has 0 radical (unpaired) electrons. The van der Waals surface area contributed by atoms with E-state index in [-0.39, 0.29) is 24.0 Å². The molecule has 0 saturated carbocycles. The van der Waals surface area contributed by atoms with Crippen LogP contribution in [-0.2, 0) is 6.42 Å². The molecule has 0 bridgehead atoms. The lowest BCUT2D eigenvalue weighted by Crippen LogP contribution is -2.22. The topological polar surface area (TPSA) is 88.3 Å². The number of hydrogen-bond acceptors (Lipinski definition) is 3. The van der Waals surface area contributed by atoms with Crippen molar-refractivity contribution in [1.82, 2.24) is 9.97 Å². The van der Waals surface area contributed by atoms with Crippen molar-refractivity contribution in [3.8, 4) is 11.5 Å². The molecule has 4 rings (SSSR count). The van der Waals surface area contributed by atoms with E-state index >= 15 is 0 Å². The first-order chi connectivity index (χ1) is 14.3. The van der Waals surface area contributed by atoms with E-state index in [9.17, 15) is 0 Å². The number of aromatic nitrogens is 2. The van der Waals surface area contributed by atoms with Gasteiger partial charge in [0.2, 0.25) is 0 Å². The van der Waals surface area contributed by atoms with Gasteiger partial charge in [-0.1, -0.05) is 36.4 Å². The van der Waals surface area contributed by atoms with E-state index in [0.717, 1.165) is 46.9 Å². The van der Waals surface area contributed by atoms with E-state index in [0.29, 0.717) is 12.5 Å². The number of anilines is 1. The second kappa shape index (κ2) is 10.6. The predicted octanol–water partition coefficient (Wildman–Crippen LogP) is 5.33. The molecule has 1 aromatic heterocycles. The number of fused-ring (bicyclic) bond motifs is 1. The summed E-state index contributed by atoms with van der Waals surface area (Å²) in [7, 11) is 0. The van der Waals surface area contributed by atoms with Crippen LogP contribution < -0.4 is 15.8 Å². The molecule has 4 N–H and O–H groups in total. The van der Waals surface area contributed by atoms with Gasteiger partial charge >= 0.3 is 0 Å². The number of nitrogens with zero attached hydrogens (tertiary/aromatic N) is 2. The molecule has 0 amide bonds. The third kappa shape index (κ3) is 5.96. The van der Waals surface area contributed by atoms with Crippen molar-refractivity contribution in [3.63, 3.8) is 0 Å². The summed E-state index contributed by atoms with van der Waals surface area (Å²) < 4.78 is 5.84. The molecule has 30 heavy (non-hydrogen) atoms. The fourth-order valence-corrected chi connectivity index (χ4v) is 3.02. The zero-order chi connectivity index (χ0) is 19.9. The summed E-state index contributed by atoms with van der Waals surface area (Å²) in [5.74, 6) is 2.88. The van der Waals surface area contributed by atoms with Gasteiger partial charge in [0.15, 0.2) is 5.96 Å². The van der Waals surface area contributed by atoms with Gasteiger partial charge in [-0.2, -0.15) is 0 Å². The minimum absolute atomic E-state index is 0. The Kier molecular flexibility index (Phi) is 7.67. The molecule has 3 aromatic carbocycles. The number of aromatic amines is 1. The molecule has 0 saturated heterocycles. The average molecular weight is 513 g/mol. The lowest BCUT2D eigenvalue weighted by Gasteiger charge is -2.09. The van der Waals surface area contributed by atoms with Crippen molar-refractivity contribution in [2.24, 2.45) is 10.7 Å². The Labute approximate surface area is 192 Å². The van der Waals surface area contributed by atoms with Crippen LogP contribution in [0.15, 0.2) is 83.9 Å². The van der Waals surface area contributed by atoms with Gasteiger partial charge in [-0.15, -0.1) is 24.0 Å². The molecular weight excluding hydrogens is 489 g/mol. The van der Waals surface area contributed by atoms with Crippen LogP contribution in [-0.4, -0.2) is 22.5 Å². The van der Waals surface area contributed by atoms with Crippen LogP contribution in [0.4, 0.5) is 5.69 Å². The molecule has 0 aliphatic carbocycles. The SMILES string of the molecule is I.NC(=NCCCc1nc2ccccc2[nH]1)Nc1cccc(Oc2ccccc2)c1. The smallest absolute Gasteiger partial charge is 0.193 e. The van der Waals surface area contributed by atoms with Crippen LogP contribution in [0.5, 0.6) is 11.5 Å². The van der Waals surface area contributed by atoms with Gasteiger partial charge in [0.1, 0.15) is 17.3 Å². The van der Waals surface area contributed by atoms with E-state index in [1.807, 2.05) is 78.9 Å². The highest BCUT2D eigenvalue weighted by atomic mass is 127. The maximum absolute atomic E-state index is 6.02. The summed E-state index contributed by atoms with van der Waals surface area (Å²) in [5, 5.41) is 3.11. The van der Waals surface area contributed by atoms with Crippen LogP contribution in [0.25, 0.3) is 11.0 Å². The monoisotopic (exact) mass is 513 g/mol. The van der Waals surface area contributed by atoms with Crippen molar-refractivity contribution < 1.29 is 4.74 Å². The Bertz CT molecular complexity index is 1080. The summed E-state index contributed by atoms with van der Waals surface area (Å²) in [6.45, 7) is 0.621. The quantitative estimate of drug-likeness (QED) is 0.135. The lowest BCUT2D eigenvalue weighted by molar-refractivity contribution is 0.483. The first-order valence-electron chi connectivity index (χ1n) is 9.60. The zero-order valence-corrected chi connectivity index (χ0v) is 18.7. The molecule has 1 heterocycles. The molecule has 154 valence electrons. The molecule has 7 heteroatoms. The largest absolute Gasteiger partial charge is 0.457 e. The van der Waals surface area contributed by atoms with Gasteiger partial charge in [0.25, 0.3) is 0 Å². The Morgan fingerprint density at radius 3 is 2.57 bits per heavy atom. The summed E-state index contributed by atoms with van der Waals surface area (Å²) in [6, 6.07) is 25.3. The molecule has 6 nitrogen and oxygen atoms in total. The highest BCUT2D eigenvalue weighted by molar-refractivity contribution is 14.0. The number of rotatable bonds is 7. The number of imidazole rings is 1. The number of nitrogens with two attached hydrogens (primary N) is 1. The highest BCUT2D eigenvalue weighted by Crippen LogP contribution is 2.23. The zero-order valence-electron chi connectivity index (χ0n) is 16.4. The standard InChI is InChI=1S/C23H23N5O.HI/c24-23(25-15-7-14-22-27-20-12-4-5-13-21(20)28-22)26-17-8-6-11-19(16-17)29-18-9-2-1-3-10-18;/h1-6,8-13,16H,7,14-15H2,(H,27,28)(H3,24,25,26);1H. The molecule has 0 unspecified atom stereocenters. The summed E-state index contributed by atoms with van der Waals surface area (Å²) in [6.07, 6.45) is 1.69.